The lowest BCUT2D eigenvalue weighted by Gasteiger charge is -2.52. The van der Waals surface area contributed by atoms with Gasteiger partial charge in [-0.2, -0.15) is 15.8 Å². The van der Waals surface area contributed by atoms with E-state index < -0.39 is 34.6 Å². The summed E-state index contributed by atoms with van der Waals surface area (Å²) in [6, 6.07) is 12.6. The van der Waals surface area contributed by atoms with Crippen LogP contribution in [0.15, 0.2) is 24.3 Å². The second-order valence-corrected chi connectivity index (χ2v) is 8.79. The SMILES string of the molecule is CCCC1CCC23OC(=N)C(C#N)(C2C1)C(C#N)(C#N)C(c1ccc(C(=O)OC)cc1)O3. The van der Waals surface area contributed by atoms with Crippen molar-refractivity contribution in [1.29, 1.82) is 21.2 Å². The Morgan fingerprint density at radius 2 is 1.91 bits per heavy atom. The summed E-state index contributed by atoms with van der Waals surface area (Å²) >= 11 is 0. The van der Waals surface area contributed by atoms with Crippen LogP contribution >= 0.6 is 0 Å². The highest BCUT2D eigenvalue weighted by Crippen LogP contribution is 2.70. The molecule has 32 heavy (non-hydrogen) atoms. The molecule has 5 atom stereocenters. The molecule has 1 aliphatic carbocycles. The van der Waals surface area contributed by atoms with Gasteiger partial charge in [0, 0.05) is 6.42 Å². The Morgan fingerprint density at radius 3 is 2.47 bits per heavy atom. The topological polar surface area (TPSA) is 140 Å². The lowest BCUT2D eigenvalue weighted by Crippen LogP contribution is -2.61. The van der Waals surface area contributed by atoms with Crippen molar-refractivity contribution in [2.24, 2.45) is 22.7 Å². The third kappa shape index (κ3) is 2.62. The first-order valence-corrected chi connectivity index (χ1v) is 10.8. The van der Waals surface area contributed by atoms with Crippen molar-refractivity contribution >= 4 is 11.9 Å². The molecule has 0 aromatic heterocycles. The molecule has 3 aliphatic rings. The number of carbonyl (C=O) groups is 1. The summed E-state index contributed by atoms with van der Waals surface area (Å²) in [5.74, 6) is -2.36. The molecule has 1 N–H and O–H groups in total. The van der Waals surface area contributed by atoms with Crippen molar-refractivity contribution in [3.05, 3.63) is 35.4 Å². The van der Waals surface area contributed by atoms with E-state index in [1.165, 1.54) is 19.2 Å². The molecule has 3 fully saturated rings. The van der Waals surface area contributed by atoms with Gasteiger partial charge in [0.15, 0.2) is 5.41 Å². The average molecular weight is 432 g/mol. The first-order valence-electron chi connectivity index (χ1n) is 10.8. The third-order valence-corrected chi connectivity index (χ3v) is 7.35. The van der Waals surface area contributed by atoms with Gasteiger partial charge in [-0.25, -0.2) is 4.79 Å². The van der Waals surface area contributed by atoms with E-state index in [0.717, 1.165) is 19.3 Å². The molecule has 1 aromatic carbocycles. The minimum absolute atomic E-state index is 0.310. The number of hydrogen-bond acceptors (Lipinski definition) is 8. The quantitative estimate of drug-likeness (QED) is 0.709. The summed E-state index contributed by atoms with van der Waals surface area (Å²) in [5.41, 5.74) is -2.95. The lowest BCUT2D eigenvalue weighted by atomic mass is 9.50. The van der Waals surface area contributed by atoms with E-state index in [4.69, 9.17) is 19.6 Å². The molecular formula is C24H24N4O4. The molecule has 8 nitrogen and oxygen atoms in total. The molecule has 8 heteroatoms. The highest BCUT2D eigenvalue weighted by Gasteiger charge is 2.80. The summed E-state index contributed by atoms with van der Waals surface area (Å²) in [6.07, 6.45) is 2.69. The number of benzene rings is 1. The van der Waals surface area contributed by atoms with Crippen LogP contribution in [0.4, 0.5) is 0 Å². The monoisotopic (exact) mass is 432 g/mol. The van der Waals surface area contributed by atoms with Gasteiger partial charge in [-0.15, -0.1) is 0 Å². The van der Waals surface area contributed by atoms with Gasteiger partial charge in [0.2, 0.25) is 17.1 Å². The summed E-state index contributed by atoms with van der Waals surface area (Å²) < 4.78 is 17.1. The van der Waals surface area contributed by atoms with Crippen molar-refractivity contribution in [2.75, 3.05) is 7.11 Å². The standard InChI is InChI=1S/C24H24N4O4/c1-3-4-15-9-10-24-18(11-15)23(14-27,21(28)32-24)22(12-25,13-26)19(31-24)16-5-7-17(8-6-16)20(29)30-2/h5-8,15,18-19,28H,3-4,9-11H2,1-2H3. The highest BCUT2D eigenvalue weighted by molar-refractivity contribution is 5.90. The molecule has 164 valence electrons. The fourth-order valence-corrected chi connectivity index (χ4v) is 5.80. The van der Waals surface area contributed by atoms with E-state index in [1.54, 1.807) is 12.1 Å². The van der Waals surface area contributed by atoms with Gasteiger partial charge in [0.25, 0.3) is 0 Å². The first-order chi connectivity index (χ1) is 15.4. The highest BCUT2D eigenvalue weighted by atomic mass is 16.7. The van der Waals surface area contributed by atoms with Gasteiger partial charge in [0.1, 0.15) is 6.10 Å². The van der Waals surface area contributed by atoms with Crippen molar-refractivity contribution in [3.63, 3.8) is 0 Å². The Kier molecular flexibility index (Phi) is 5.19. The van der Waals surface area contributed by atoms with Crippen molar-refractivity contribution in [3.8, 4) is 18.2 Å². The van der Waals surface area contributed by atoms with Gasteiger partial charge >= 0.3 is 5.97 Å². The maximum absolute atomic E-state index is 11.8. The largest absolute Gasteiger partial charge is 0.465 e. The zero-order valence-electron chi connectivity index (χ0n) is 18.1. The van der Waals surface area contributed by atoms with E-state index in [0.29, 0.717) is 29.9 Å². The van der Waals surface area contributed by atoms with Crippen LogP contribution in [0.25, 0.3) is 0 Å². The zero-order valence-corrected chi connectivity index (χ0v) is 18.1. The number of ether oxygens (including phenoxy) is 3. The van der Waals surface area contributed by atoms with Crippen LogP contribution in [0.1, 0.15) is 61.1 Å². The van der Waals surface area contributed by atoms with Crippen molar-refractivity contribution < 1.29 is 19.0 Å². The predicted octanol–water partition coefficient (Wildman–Crippen LogP) is 4.01. The van der Waals surface area contributed by atoms with E-state index in [-0.39, 0.29) is 5.90 Å². The van der Waals surface area contributed by atoms with Crippen LogP contribution in [-0.2, 0) is 14.2 Å². The molecule has 2 aliphatic heterocycles. The minimum atomic E-state index is -1.98. The molecule has 1 saturated carbocycles. The number of nitrogens with one attached hydrogen (secondary N) is 1. The van der Waals surface area contributed by atoms with Gasteiger partial charge in [0.05, 0.1) is 36.8 Å². The van der Waals surface area contributed by atoms with Crippen LogP contribution in [0, 0.1) is 62.1 Å². The summed E-state index contributed by atoms with van der Waals surface area (Å²) in [6.45, 7) is 2.10. The van der Waals surface area contributed by atoms with Gasteiger partial charge < -0.3 is 14.2 Å². The smallest absolute Gasteiger partial charge is 0.337 e. The summed E-state index contributed by atoms with van der Waals surface area (Å²) in [4.78, 5) is 11.8. The van der Waals surface area contributed by atoms with Gasteiger partial charge in [-0.3, -0.25) is 5.41 Å². The number of methoxy groups -OCH3 is 1. The first kappa shape index (κ1) is 21.8. The van der Waals surface area contributed by atoms with Crippen molar-refractivity contribution in [2.45, 2.75) is 50.9 Å². The van der Waals surface area contributed by atoms with E-state index >= 15 is 0 Å². The van der Waals surface area contributed by atoms with Crippen LogP contribution in [0.5, 0.6) is 0 Å². The number of nitrogens with zero attached hydrogens (tertiary/aromatic N) is 3. The second kappa shape index (κ2) is 7.62. The van der Waals surface area contributed by atoms with E-state index in [2.05, 4.69) is 25.1 Å². The summed E-state index contributed by atoms with van der Waals surface area (Å²) in [7, 11) is 1.28. The maximum Gasteiger partial charge on any atom is 0.337 e. The molecule has 1 aromatic rings. The summed E-state index contributed by atoms with van der Waals surface area (Å²) in [5, 5.41) is 39.7. The number of rotatable bonds is 4. The molecule has 4 rings (SSSR count). The van der Waals surface area contributed by atoms with Crippen LogP contribution < -0.4 is 0 Å². The maximum atomic E-state index is 11.8. The van der Waals surface area contributed by atoms with Crippen LogP contribution in [0.3, 0.4) is 0 Å². The fraction of sp³-hybridized carbons (Fsp3) is 0.542. The second-order valence-electron chi connectivity index (χ2n) is 8.79. The molecule has 0 radical (unpaired) electrons. The number of nitriles is 3. The molecule has 2 saturated heterocycles. The molecule has 5 unspecified atom stereocenters. The number of carbonyl (C=O) groups excluding carboxylic acids is 1. The van der Waals surface area contributed by atoms with E-state index in [9.17, 15) is 20.6 Å². The van der Waals surface area contributed by atoms with Crippen molar-refractivity contribution in [1.82, 2.24) is 0 Å². The van der Waals surface area contributed by atoms with Gasteiger partial charge in [-0.05, 0) is 36.5 Å². The fourth-order valence-electron chi connectivity index (χ4n) is 5.80. The normalized spacial score (nSPS) is 34.2. The Labute approximate surface area is 186 Å². The Balaban J connectivity index is 1.86. The Morgan fingerprint density at radius 1 is 1.22 bits per heavy atom. The molecule has 0 spiro atoms. The average Bonchev–Trinajstić information content (AvgIpc) is 3.02. The minimum Gasteiger partial charge on any atom is -0.465 e. The van der Waals surface area contributed by atoms with Gasteiger partial charge in [-0.1, -0.05) is 31.9 Å². The molecule has 2 heterocycles. The lowest BCUT2D eigenvalue weighted by molar-refractivity contribution is -0.299. The third-order valence-electron chi connectivity index (χ3n) is 7.35. The Bertz CT molecular complexity index is 1070. The number of hydrogen-bond donors (Lipinski definition) is 1. The molecule has 0 amide bonds. The molecule has 2 bridgehead atoms. The predicted molar refractivity (Wildman–Crippen MR) is 111 cm³/mol. The van der Waals surface area contributed by atoms with Crippen LogP contribution in [0.2, 0.25) is 0 Å². The number of esters is 1. The zero-order chi connectivity index (χ0) is 23.1. The van der Waals surface area contributed by atoms with Crippen LogP contribution in [-0.4, -0.2) is 24.8 Å². The molecular weight excluding hydrogens is 408 g/mol. The van der Waals surface area contributed by atoms with E-state index in [1.807, 2.05) is 0 Å². The Hall–Kier alpha value is -3.41.